The number of rotatable bonds is 5. The van der Waals surface area contributed by atoms with E-state index in [1.165, 1.54) is 0 Å². The van der Waals surface area contributed by atoms with Crippen LogP contribution < -0.4 is 5.32 Å². The number of carbonyl (C=O) groups is 2. The van der Waals surface area contributed by atoms with Crippen LogP contribution >= 0.6 is 0 Å². The molecule has 2 amide bonds. The summed E-state index contributed by atoms with van der Waals surface area (Å²) < 4.78 is 5.43. The zero-order valence-corrected chi connectivity index (χ0v) is 12.3. The molecule has 2 heterocycles. The van der Waals surface area contributed by atoms with Gasteiger partial charge in [0.25, 0.3) is 5.91 Å². The maximum absolute atomic E-state index is 12.2. The van der Waals surface area contributed by atoms with Crippen molar-refractivity contribution in [3.05, 3.63) is 0 Å². The first kappa shape index (κ1) is 15.3. The third kappa shape index (κ3) is 3.93. The van der Waals surface area contributed by atoms with Crippen molar-refractivity contribution >= 4 is 11.8 Å². The van der Waals surface area contributed by atoms with Crippen LogP contribution in [-0.4, -0.2) is 74.1 Å². The van der Waals surface area contributed by atoms with E-state index in [-0.39, 0.29) is 17.9 Å². The van der Waals surface area contributed by atoms with Crippen LogP contribution in [-0.2, 0) is 14.3 Å². The molecule has 0 bridgehead atoms. The van der Waals surface area contributed by atoms with E-state index < -0.39 is 0 Å². The SMILES string of the molecule is CNCCCC(=O)N1CCN(C(=O)C2CCCO2)CC1. The second-order valence-corrected chi connectivity index (χ2v) is 5.41. The smallest absolute Gasteiger partial charge is 0.251 e. The summed E-state index contributed by atoms with van der Waals surface area (Å²) in [6.07, 6.45) is 3.01. The second kappa shape index (κ2) is 7.59. The molecular weight excluding hydrogens is 258 g/mol. The lowest BCUT2D eigenvalue weighted by Gasteiger charge is -2.35. The fraction of sp³-hybridized carbons (Fsp3) is 0.857. The Kier molecular flexibility index (Phi) is 5.79. The predicted octanol–water partition coefficient (Wildman–Crippen LogP) is -0.164. The highest BCUT2D eigenvalue weighted by Gasteiger charge is 2.31. The van der Waals surface area contributed by atoms with Crippen LogP contribution in [0.5, 0.6) is 0 Å². The van der Waals surface area contributed by atoms with E-state index in [0.29, 0.717) is 39.2 Å². The first-order valence-electron chi connectivity index (χ1n) is 7.55. The van der Waals surface area contributed by atoms with E-state index in [0.717, 1.165) is 25.8 Å². The van der Waals surface area contributed by atoms with Gasteiger partial charge in [0.15, 0.2) is 0 Å². The Balaban J connectivity index is 1.71. The predicted molar refractivity (Wildman–Crippen MR) is 75.3 cm³/mol. The average Bonchev–Trinajstić information content (AvgIpc) is 3.01. The van der Waals surface area contributed by atoms with E-state index >= 15 is 0 Å². The van der Waals surface area contributed by atoms with Gasteiger partial charge in [-0.05, 0) is 32.9 Å². The van der Waals surface area contributed by atoms with Crippen LogP contribution in [0.4, 0.5) is 0 Å². The molecule has 1 atom stereocenters. The Bertz CT molecular complexity index is 335. The fourth-order valence-corrected chi connectivity index (χ4v) is 2.73. The molecule has 2 aliphatic heterocycles. The lowest BCUT2D eigenvalue weighted by Crippen LogP contribution is -2.52. The van der Waals surface area contributed by atoms with Crippen molar-refractivity contribution in [2.24, 2.45) is 0 Å². The van der Waals surface area contributed by atoms with Gasteiger partial charge >= 0.3 is 0 Å². The molecule has 0 aromatic carbocycles. The van der Waals surface area contributed by atoms with E-state index in [9.17, 15) is 9.59 Å². The van der Waals surface area contributed by atoms with Gasteiger partial charge in [-0.25, -0.2) is 0 Å². The monoisotopic (exact) mass is 283 g/mol. The van der Waals surface area contributed by atoms with Gasteiger partial charge in [0.05, 0.1) is 0 Å². The average molecular weight is 283 g/mol. The molecule has 2 rings (SSSR count). The maximum atomic E-state index is 12.2. The molecule has 0 radical (unpaired) electrons. The molecule has 2 fully saturated rings. The molecule has 1 unspecified atom stereocenters. The Morgan fingerprint density at radius 3 is 2.50 bits per heavy atom. The summed E-state index contributed by atoms with van der Waals surface area (Å²) in [4.78, 5) is 27.9. The topological polar surface area (TPSA) is 61.9 Å². The molecule has 6 heteroatoms. The Labute approximate surface area is 120 Å². The van der Waals surface area contributed by atoms with Gasteiger partial charge in [-0.3, -0.25) is 9.59 Å². The van der Waals surface area contributed by atoms with Gasteiger partial charge in [-0.2, -0.15) is 0 Å². The Hall–Kier alpha value is -1.14. The number of ether oxygens (including phenoxy) is 1. The molecule has 0 aliphatic carbocycles. The molecule has 20 heavy (non-hydrogen) atoms. The molecule has 1 N–H and O–H groups in total. The number of nitrogens with zero attached hydrogens (tertiary/aromatic N) is 2. The molecule has 6 nitrogen and oxygen atoms in total. The number of hydrogen-bond donors (Lipinski definition) is 1. The molecule has 2 aliphatic rings. The normalized spacial score (nSPS) is 23.1. The van der Waals surface area contributed by atoms with E-state index in [1.54, 1.807) is 0 Å². The first-order valence-corrected chi connectivity index (χ1v) is 7.55. The highest BCUT2D eigenvalue weighted by Crippen LogP contribution is 2.16. The number of nitrogens with one attached hydrogen (secondary N) is 1. The van der Waals surface area contributed by atoms with Crippen LogP contribution in [0.25, 0.3) is 0 Å². The van der Waals surface area contributed by atoms with Gasteiger partial charge in [-0.1, -0.05) is 0 Å². The number of hydrogen-bond acceptors (Lipinski definition) is 4. The van der Waals surface area contributed by atoms with Crippen LogP contribution in [0.15, 0.2) is 0 Å². The van der Waals surface area contributed by atoms with E-state index in [1.807, 2.05) is 16.8 Å². The van der Waals surface area contributed by atoms with Gasteiger partial charge in [0.1, 0.15) is 6.10 Å². The zero-order valence-electron chi connectivity index (χ0n) is 12.3. The summed E-state index contributed by atoms with van der Waals surface area (Å²) in [5.74, 6) is 0.300. The van der Waals surface area contributed by atoms with Crippen molar-refractivity contribution in [2.75, 3.05) is 46.4 Å². The fourth-order valence-electron chi connectivity index (χ4n) is 2.73. The highest BCUT2D eigenvalue weighted by atomic mass is 16.5. The molecule has 0 aromatic rings. The number of piperazine rings is 1. The summed E-state index contributed by atoms with van der Waals surface area (Å²) >= 11 is 0. The number of amides is 2. The zero-order chi connectivity index (χ0) is 14.4. The molecule has 0 spiro atoms. The largest absolute Gasteiger partial charge is 0.368 e. The van der Waals surface area contributed by atoms with Crippen molar-refractivity contribution in [3.8, 4) is 0 Å². The van der Waals surface area contributed by atoms with Crippen LogP contribution in [0, 0.1) is 0 Å². The standard InChI is InChI=1S/C14H25N3O3/c1-15-6-2-5-13(18)16-7-9-17(10-8-16)14(19)12-4-3-11-20-12/h12,15H,2-11H2,1H3. The summed E-state index contributed by atoms with van der Waals surface area (Å²) in [6, 6.07) is 0. The van der Waals surface area contributed by atoms with Gasteiger partial charge in [-0.15, -0.1) is 0 Å². The molecule has 0 aromatic heterocycles. The van der Waals surface area contributed by atoms with Gasteiger partial charge in [0, 0.05) is 39.2 Å². The Morgan fingerprint density at radius 1 is 1.20 bits per heavy atom. The van der Waals surface area contributed by atoms with Crippen molar-refractivity contribution in [1.29, 1.82) is 0 Å². The quantitative estimate of drug-likeness (QED) is 0.712. The van der Waals surface area contributed by atoms with Gasteiger partial charge < -0.3 is 19.9 Å². The lowest BCUT2D eigenvalue weighted by molar-refractivity contribution is -0.146. The number of carbonyl (C=O) groups excluding carboxylic acids is 2. The third-order valence-corrected chi connectivity index (χ3v) is 3.97. The molecule has 114 valence electrons. The van der Waals surface area contributed by atoms with E-state index in [4.69, 9.17) is 4.74 Å². The third-order valence-electron chi connectivity index (χ3n) is 3.97. The van der Waals surface area contributed by atoms with Crippen molar-refractivity contribution in [2.45, 2.75) is 31.8 Å². The molecule has 0 saturated carbocycles. The minimum absolute atomic E-state index is 0.102. The van der Waals surface area contributed by atoms with E-state index in [2.05, 4.69) is 5.32 Å². The molecule has 2 saturated heterocycles. The minimum atomic E-state index is -0.243. The minimum Gasteiger partial charge on any atom is -0.368 e. The van der Waals surface area contributed by atoms with Crippen molar-refractivity contribution in [3.63, 3.8) is 0 Å². The van der Waals surface area contributed by atoms with Crippen molar-refractivity contribution < 1.29 is 14.3 Å². The Morgan fingerprint density at radius 2 is 1.90 bits per heavy atom. The van der Waals surface area contributed by atoms with Gasteiger partial charge in [0.2, 0.25) is 5.91 Å². The van der Waals surface area contributed by atoms with Crippen LogP contribution in [0.3, 0.4) is 0 Å². The van der Waals surface area contributed by atoms with Crippen LogP contribution in [0.2, 0.25) is 0 Å². The molecular formula is C14H25N3O3. The van der Waals surface area contributed by atoms with Crippen molar-refractivity contribution in [1.82, 2.24) is 15.1 Å². The summed E-state index contributed by atoms with van der Waals surface area (Å²) in [5.41, 5.74) is 0. The van der Waals surface area contributed by atoms with Crippen LogP contribution in [0.1, 0.15) is 25.7 Å². The highest BCUT2D eigenvalue weighted by molar-refractivity contribution is 5.82. The summed E-state index contributed by atoms with van der Waals surface area (Å²) in [5, 5.41) is 3.04. The first-order chi connectivity index (χ1) is 9.72. The lowest BCUT2D eigenvalue weighted by atomic mass is 10.2. The summed E-state index contributed by atoms with van der Waals surface area (Å²) in [6.45, 7) is 4.13. The second-order valence-electron chi connectivity index (χ2n) is 5.41. The maximum Gasteiger partial charge on any atom is 0.251 e. The summed E-state index contributed by atoms with van der Waals surface area (Å²) in [7, 11) is 1.89.